The van der Waals surface area contributed by atoms with E-state index < -0.39 is 0 Å². The van der Waals surface area contributed by atoms with Crippen LogP contribution in [-0.4, -0.2) is 9.78 Å². The molecule has 1 heterocycles. The molecule has 0 unspecified atom stereocenters. The molecule has 0 aliphatic rings. The van der Waals surface area contributed by atoms with Crippen LogP contribution < -0.4 is 0 Å². The Balaban J connectivity index is 2.42. The number of rotatable bonds is 2. The van der Waals surface area contributed by atoms with Crippen LogP contribution in [-0.2, 0) is 6.42 Å². The van der Waals surface area contributed by atoms with E-state index in [4.69, 9.17) is 5.26 Å². The number of aromatic nitrogens is 2. The summed E-state index contributed by atoms with van der Waals surface area (Å²) in [5.74, 6) is -0.272. The van der Waals surface area contributed by atoms with Crippen LogP contribution in [0.2, 0.25) is 0 Å². The van der Waals surface area contributed by atoms with Crippen molar-refractivity contribution in [2.24, 2.45) is 0 Å². The van der Waals surface area contributed by atoms with Crippen molar-refractivity contribution in [3.05, 3.63) is 47.5 Å². The van der Waals surface area contributed by atoms with Gasteiger partial charge in [-0.05, 0) is 31.2 Å². The fourth-order valence-corrected chi connectivity index (χ4v) is 1.54. The summed E-state index contributed by atoms with van der Waals surface area (Å²) >= 11 is 0. The van der Waals surface area contributed by atoms with Gasteiger partial charge in [0.15, 0.2) is 0 Å². The van der Waals surface area contributed by atoms with E-state index in [2.05, 4.69) is 11.2 Å². The second kappa shape index (κ2) is 4.15. The first-order chi connectivity index (χ1) is 7.72. The van der Waals surface area contributed by atoms with Crippen LogP contribution in [0.25, 0.3) is 5.69 Å². The second-order valence-electron chi connectivity index (χ2n) is 3.48. The maximum absolute atomic E-state index is 12.8. The third-order valence-electron chi connectivity index (χ3n) is 2.45. The van der Waals surface area contributed by atoms with Gasteiger partial charge in [-0.3, -0.25) is 0 Å². The topological polar surface area (TPSA) is 41.6 Å². The average Bonchev–Trinajstić information content (AvgIpc) is 2.63. The van der Waals surface area contributed by atoms with E-state index in [1.807, 2.05) is 6.92 Å². The minimum atomic E-state index is -0.272. The monoisotopic (exact) mass is 215 g/mol. The Labute approximate surface area is 92.7 Å². The molecule has 0 saturated heterocycles. The summed E-state index contributed by atoms with van der Waals surface area (Å²) in [6.07, 6.45) is 2.01. The molecular formula is C12H10FN3. The molecule has 2 rings (SSSR count). The van der Waals surface area contributed by atoms with Crippen LogP contribution in [0.3, 0.4) is 0 Å². The highest BCUT2D eigenvalue weighted by atomic mass is 19.1. The lowest BCUT2D eigenvalue weighted by Crippen LogP contribution is -1.99. The molecule has 2 aromatic rings. The SMILES string of the molecule is Cc1c(CC#N)cnn1-c1ccc(F)cc1. The highest BCUT2D eigenvalue weighted by molar-refractivity contribution is 5.35. The van der Waals surface area contributed by atoms with Crippen molar-refractivity contribution in [1.29, 1.82) is 5.26 Å². The molecule has 0 bridgehead atoms. The first-order valence-corrected chi connectivity index (χ1v) is 4.89. The van der Waals surface area contributed by atoms with Gasteiger partial charge in [-0.15, -0.1) is 0 Å². The van der Waals surface area contributed by atoms with Crippen molar-refractivity contribution < 1.29 is 4.39 Å². The molecular weight excluding hydrogens is 205 g/mol. The minimum absolute atomic E-state index is 0.272. The van der Waals surface area contributed by atoms with Crippen LogP contribution >= 0.6 is 0 Å². The van der Waals surface area contributed by atoms with Crippen LogP contribution in [0.15, 0.2) is 30.5 Å². The van der Waals surface area contributed by atoms with Crippen LogP contribution in [0.4, 0.5) is 4.39 Å². The molecule has 0 fully saturated rings. The molecule has 0 radical (unpaired) electrons. The standard InChI is InChI=1S/C12H10FN3/c1-9-10(6-7-14)8-15-16(9)12-4-2-11(13)3-5-12/h2-5,8H,6H2,1H3. The highest BCUT2D eigenvalue weighted by Crippen LogP contribution is 2.14. The van der Waals surface area contributed by atoms with Crippen molar-refractivity contribution in [1.82, 2.24) is 9.78 Å². The zero-order chi connectivity index (χ0) is 11.5. The van der Waals surface area contributed by atoms with E-state index in [0.717, 1.165) is 16.9 Å². The summed E-state index contributed by atoms with van der Waals surface area (Å²) in [5.41, 5.74) is 2.60. The van der Waals surface area contributed by atoms with E-state index >= 15 is 0 Å². The van der Waals surface area contributed by atoms with Gasteiger partial charge in [0, 0.05) is 11.3 Å². The molecule has 0 aliphatic heterocycles. The number of nitrogens with zero attached hydrogens (tertiary/aromatic N) is 3. The Morgan fingerprint density at radius 1 is 1.38 bits per heavy atom. The molecule has 1 aromatic heterocycles. The van der Waals surface area contributed by atoms with Crippen molar-refractivity contribution in [3.63, 3.8) is 0 Å². The summed E-state index contributed by atoms with van der Waals surface area (Å²) < 4.78 is 14.5. The molecule has 16 heavy (non-hydrogen) atoms. The molecule has 0 N–H and O–H groups in total. The lowest BCUT2D eigenvalue weighted by Gasteiger charge is -2.04. The summed E-state index contributed by atoms with van der Waals surface area (Å²) in [5, 5.41) is 12.8. The van der Waals surface area contributed by atoms with E-state index in [0.29, 0.717) is 6.42 Å². The Hall–Kier alpha value is -2.15. The number of hydrogen-bond donors (Lipinski definition) is 0. The molecule has 0 spiro atoms. The minimum Gasteiger partial charge on any atom is -0.238 e. The van der Waals surface area contributed by atoms with Crippen LogP contribution in [0, 0.1) is 24.1 Å². The first kappa shape index (κ1) is 10.4. The fourth-order valence-electron chi connectivity index (χ4n) is 1.54. The highest BCUT2D eigenvalue weighted by Gasteiger charge is 2.07. The zero-order valence-electron chi connectivity index (χ0n) is 8.81. The van der Waals surface area contributed by atoms with E-state index in [1.54, 1.807) is 23.0 Å². The van der Waals surface area contributed by atoms with Crippen molar-refractivity contribution in [2.45, 2.75) is 13.3 Å². The molecule has 0 amide bonds. The van der Waals surface area contributed by atoms with E-state index in [1.165, 1.54) is 12.1 Å². The quantitative estimate of drug-likeness (QED) is 0.771. The smallest absolute Gasteiger partial charge is 0.123 e. The van der Waals surface area contributed by atoms with Gasteiger partial charge in [0.2, 0.25) is 0 Å². The molecule has 4 heteroatoms. The third-order valence-corrected chi connectivity index (χ3v) is 2.45. The fraction of sp³-hybridized carbons (Fsp3) is 0.167. The van der Waals surface area contributed by atoms with Crippen molar-refractivity contribution in [2.75, 3.05) is 0 Å². The molecule has 1 aromatic carbocycles. The molecule has 80 valence electrons. The summed E-state index contributed by atoms with van der Waals surface area (Å²) in [7, 11) is 0. The number of hydrogen-bond acceptors (Lipinski definition) is 2. The maximum Gasteiger partial charge on any atom is 0.123 e. The van der Waals surface area contributed by atoms with Gasteiger partial charge in [0.25, 0.3) is 0 Å². The predicted octanol–water partition coefficient (Wildman–Crippen LogP) is 2.39. The largest absolute Gasteiger partial charge is 0.238 e. The first-order valence-electron chi connectivity index (χ1n) is 4.89. The number of benzene rings is 1. The summed E-state index contributed by atoms with van der Waals surface area (Å²) in [6.45, 7) is 1.89. The predicted molar refractivity (Wildman–Crippen MR) is 57.6 cm³/mol. The average molecular weight is 215 g/mol. The van der Waals surface area contributed by atoms with Gasteiger partial charge in [-0.25, -0.2) is 9.07 Å². The van der Waals surface area contributed by atoms with Crippen LogP contribution in [0.1, 0.15) is 11.3 Å². The van der Waals surface area contributed by atoms with Crippen molar-refractivity contribution >= 4 is 0 Å². The molecule has 0 aliphatic carbocycles. The molecule has 0 atom stereocenters. The second-order valence-corrected chi connectivity index (χ2v) is 3.48. The van der Waals surface area contributed by atoms with Crippen LogP contribution in [0.5, 0.6) is 0 Å². The van der Waals surface area contributed by atoms with Crippen molar-refractivity contribution in [3.8, 4) is 11.8 Å². The maximum atomic E-state index is 12.8. The summed E-state index contributed by atoms with van der Waals surface area (Å²) in [6, 6.07) is 8.18. The molecule has 3 nitrogen and oxygen atoms in total. The van der Waals surface area contributed by atoms with Gasteiger partial charge < -0.3 is 0 Å². The lowest BCUT2D eigenvalue weighted by atomic mass is 10.2. The number of nitriles is 1. The zero-order valence-corrected chi connectivity index (χ0v) is 8.81. The normalized spacial score (nSPS) is 10.1. The van der Waals surface area contributed by atoms with Gasteiger partial charge in [-0.2, -0.15) is 10.4 Å². The van der Waals surface area contributed by atoms with Gasteiger partial charge in [-0.1, -0.05) is 0 Å². The Morgan fingerprint density at radius 2 is 2.06 bits per heavy atom. The molecule has 0 saturated carbocycles. The Morgan fingerprint density at radius 3 is 2.69 bits per heavy atom. The lowest BCUT2D eigenvalue weighted by molar-refractivity contribution is 0.627. The van der Waals surface area contributed by atoms with Gasteiger partial charge in [0.05, 0.1) is 24.4 Å². The van der Waals surface area contributed by atoms with Gasteiger partial charge >= 0.3 is 0 Å². The Bertz CT molecular complexity index is 534. The van der Waals surface area contributed by atoms with Gasteiger partial charge in [0.1, 0.15) is 5.82 Å². The Kier molecular flexibility index (Phi) is 2.69. The van der Waals surface area contributed by atoms with E-state index in [9.17, 15) is 4.39 Å². The third kappa shape index (κ3) is 1.80. The summed E-state index contributed by atoms with van der Waals surface area (Å²) in [4.78, 5) is 0. The van der Waals surface area contributed by atoms with E-state index in [-0.39, 0.29) is 5.82 Å². The number of halogens is 1.